The van der Waals surface area contributed by atoms with Gasteiger partial charge in [0.15, 0.2) is 0 Å². The quantitative estimate of drug-likeness (QED) is 0.139. The number of rotatable bonds is 16. The number of hydrogen-bond acceptors (Lipinski definition) is 2. The van der Waals surface area contributed by atoms with E-state index in [1.165, 1.54) is 81.1 Å². The van der Waals surface area contributed by atoms with Gasteiger partial charge in [-0.05, 0) is 126 Å². The zero-order chi connectivity index (χ0) is 23.3. The van der Waals surface area contributed by atoms with Crippen molar-refractivity contribution in [3.8, 4) is 0 Å². The van der Waals surface area contributed by atoms with Crippen molar-refractivity contribution in [2.24, 2.45) is 0 Å². The highest BCUT2D eigenvalue weighted by Gasteiger charge is 2.46. The lowest BCUT2D eigenvalue weighted by Crippen LogP contribution is -2.12. The zero-order valence-electron chi connectivity index (χ0n) is 22.0. The van der Waals surface area contributed by atoms with Crippen LogP contribution >= 0.6 is 0 Å². The van der Waals surface area contributed by atoms with Crippen molar-refractivity contribution in [1.29, 1.82) is 0 Å². The van der Waals surface area contributed by atoms with E-state index in [4.69, 9.17) is 4.74 Å². The van der Waals surface area contributed by atoms with Gasteiger partial charge in [0, 0.05) is 0 Å². The average Bonchev–Trinajstić information content (AvgIpc) is 3.30. The van der Waals surface area contributed by atoms with Crippen molar-refractivity contribution in [1.82, 2.24) is 4.90 Å². The molecule has 2 heteroatoms. The van der Waals surface area contributed by atoms with Crippen LogP contribution in [0.4, 0.5) is 0 Å². The Morgan fingerprint density at radius 2 is 1.13 bits per heavy atom. The monoisotopic (exact) mass is 429 g/mol. The third-order valence-corrected chi connectivity index (χ3v) is 6.36. The number of nitrogens with zero attached hydrogens (tertiary/aromatic N) is 1. The summed E-state index contributed by atoms with van der Waals surface area (Å²) in [6.07, 6.45) is 22.1. The van der Waals surface area contributed by atoms with Crippen LogP contribution in [0.3, 0.4) is 0 Å². The summed E-state index contributed by atoms with van der Waals surface area (Å²) in [5.74, 6) is 0. The van der Waals surface area contributed by atoms with E-state index in [1.54, 1.807) is 5.57 Å². The molecule has 0 N–H and O–H groups in total. The minimum Gasteiger partial charge on any atom is -0.367 e. The first-order chi connectivity index (χ1) is 14.6. The normalized spacial score (nSPS) is 20.0. The van der Waals surface area contributed by atoms with Crippen LogP contribution in [-0.2, 0) is 4.74 Å². The first-order valence-corrected chi connectivity index (χ1v) is 12.5. The summed E-state index contributed by atoms with van der Waals surface area (Å²) in [4.78, 5) is 2.26. The molecule has 1 saturated heterocycles. The summed E-state index contributed by atoms with van der Waals surface area (Å²) in [7, 11) is 4.30. The Morgan fingerprint density at radius 1 is 0.710 bits per heavy atom. The predicted molar refractivity (Wildman–Crippen MR) is 139 cm³/mol. The molecule has 0 amide bonds. The van der Waals surface area contributed by atoms with Crippen molar-refractivity contribution >= 4 is 0 Å². The van der Waals surface area contributed by atoms with Crippen LogP contribution in [-0.4, -0.2) is 37.2 Å². The molecule has 1 aliphatic heterocycles. The highest BCUT2D eigenvalue weighted by atomic mass is 16.6. The molecule has 0 aromatic heterocycles. The van der Waals surface area contributed by atoms with E-state index >= 15 is 0 Å². The Bertz CT molecular complexity index is 633. The summed E-state index contributed by atoms with van der Waals surface area (Å²) in [6.45, 7) is 14.7. The standard InChI is InChI=1S/C29H51NO/c1-24(16-11-18-26(3)20-13-23-30(7)8)14-9-10-15-25(2)17-12-19-27(4)21-22-28-29(5,6)31-28/h14-15,18-19,28H,9-13,16-17,20-23H2,1-8H3/b24-14+,25-15+,26-18+,27-19+. The van der Waals surface area contributed by atoms with Crippen LogP contribution in [0.25, 0.3) is 0 Å². The van der Waals surface area contributed by atoms with Gasteiger partial charge < -0.3 is 9.64 Å². The van der Waals surface area contributed by atoms with Crippen LogP contribution in [0.15, 0.2) is 46.6 Å². The Kier molecular flexibility index (Phi) is 13.4. The molecule has 0 aromatic rings. The number of unbranched alkanes of at least 4 members (excludes halogenated alkanes) is 1. The Morgan fingerprint density at radius 3 is 1.58 bits per heavy atom. The Balaban J connectivity index is 2.14. The maximum atomic E-state index is 5.68. The van der Waals surface area contributed by atoms with Crippen LogP contribution in [0.2, 0.25) is 0 Å². The fraction of sp³-hybridized carbons (Fsp3) is 0.724. The largest absolute Gasteiger partial charge is 0.367 e. The van der Waals surface area contributed by atoms with Crippen molar-refractivity contribution in [3.63, 3.8) is 0 Å². The van der Waals surface area contributed by atoms with Crippen molar-refractivity contribution in [2.45, 2.75) is 117 Å². The van der Waals surface area contributed by atoms with Crippen molar-refractivity contribution < 1.29 is 4.74 Å². The minimum absolute atomic E-state index is 0.133. The van der Waals surface area contributed by atoms with Gasteiger partial charge in [-0.25, -0.2) is 0 Å². The number of allylic oxidation sites excluding steroid dienone is 8. The second kappa shape index (κ2) is 14.9. The molecular formula is C29H51NO. The predicted octanol–water partition coefficient (Wildman–Crippen LogP) is 8.41. The third-order valence-electron chi connectivity index (χ3n) is 6.36. The molecule has 1 aliphatic rings. The van der Waals surface area contributed by atoms with E-state index in [-0.39, 0.29) is 5.60 Å². The second-order valence-electron chi connectivity index (χ2n) is 10.5. The molecular weight excluding hydrogens is 378 g/mol. The summed E-state index contributed by atoms with van der Waals surface area (Å²) >= 11 is 0. The highest BCUT2D eigenvalue weighted by molar-refractivity contribution is 5.07. The van der Waals surface area contributed by atoms with Gasteiger partial charge in [0.05, 0.1) is 11.7 Å². The first kappa shape index (κ1) is 27.9. The molecule has 0 aliphatic carbocycles. The molecule has 1 atom stereocenters. The van der Waals surface area contributed by atoms with Crippen LogP contribution < -0.4 is 0 Å². The van der Waals surface area contributed by atoms with Gasteiger partial charge in [0.1, 0.15) is 0 Å². The van der Waals surface area contributed by atoms with Gasteiger partial charge in [-0.1, -0.05) is 46.6 Å². The fourth-order valence-corrected chi connectivity index (χ4v) is 3.93. The highest BCUT2D eigenvalue weighted by Crippen LogP contribution is 2.38. The smallest absolute Gasteiger partial charge is 0.0892 e. The van der Waals surface area contributed by atoms with E-state index < -0.39 is 0 Å². The molecule has 0 aromatic carbocycles. The van der Waals surface area contributed by atoms with E-state index in [2.05, 4.69) is 84.8 Å². The Labute approximate surface area is 194 Å². The van der Waals surface area contributed by atoms with E-state index in [1.807, 2.05) is 0 Å². The maximum absolute atomic E-state index is 5.68. The molecule has 31 heavy (non-hydrogen) atoms. The third kappa shape index (κ3) is 14.5. The lowest BCUT2D eigenvalue weighted by Gasteiger charge is -2.09. The summed E-state index contributed by atoms with van der Waals surface area (Å²) in [5, 5.41) is 0. The molecule has 178 valence electrons. The summed E-state index contributed by atoms with van der Waals surface area (Å²) < 4.78 is 5.68. The summed E-state index contributed by atoms with van der Waals surface area (Å²) in [6, 6.07) is 0. The van der Waals surface area contributed by atoms with E-state index in [0.717, 1.165) is 6.42 Å². The average molecular weight is 430 g/mol. The van der Waals surface area contributed by atoms with E-state index in [0.29, 0.717) is 6.10 Å². The van der Waals surface area contributed by atoms with Crippen molar-refractivity contribution in [3.05, 3.63) is 46.6 Å². The van der Waals surface area contributed by atoms with Gasteiger partial charge in [0.25, 0.3) is 0 Å². The minimum atomic E-state index is 0.133. The maximum Gasteiger partial charge on any atom is 0.0892 e. The van der Waals surface area contributed by atoms with Gasteiger partial charge in [-0.2, -0.15) is 0 Å². The van der Waals surface area contributed by atoms with E-state index in [9.17, 15) is 0 Å². The van der Waals surface area contributed by atoms with Gasteiger partial charge in [0.2, 0.25) is 0 Å². The zero-order valence-corrected chi connectivity index (χ0v) is 22.0. The van der Waals surface area contributed by atoms with Gasteiger partial charge in [-0.3, -0.25) is 0 Å². The van der Waals surface area contributed by atoms with Crippen LogP contribution in [0.5, 0.6) is 0 Å². The van der Waals surface area contributed by atoms with Crippen LogP contribution in [0.1, 0.15) is 106 Å². The second-order valence-corrected chi connectivity index (χ2v) is 10.5. The molecule has 1 unspecified atom stereocenters. The van der Waals surface area contributed by atoms with Crippen LogP contribution in [0, 0.1) is 0 Å². The molecule has 1 heterocycles. The first-order valence-electron chi connectivity index (χ1n) is 12.5. The number of hydrogen-bond donors (Lipinski definition) is 0. The molecule has 0 radical (unpaired) electrons. The van der Waals surface area contributed by atoms with Gasteiger partial charge >= 0.3 is 0 Å². The lowest BCUT2D eigenvalue weighted by molar-refractivity contribution is 0.320. The van der Waals surface area contributed by atoms with Gasteiger partial charge in [-0.15, -0.1) is 0 Å². The molecule has 0 spiro atoms. The topological polar surface area (TPSA) is 15.8 Å². The lowest BCUT2D eigenvalue weighted by atomic mass is 10.0. The summed E-state index contributed by atoms with van der Waals surface area (Å²) in [5.41, 5.74) is 6.25. The molecule has 2 nitrogen and oxygen atoms in total. The molecule has 1 fully saturated rings. The number of epoxide rings is 1. The SMILES string of the molecule is C/C(=C\CC/C=C(\C)CC/C=C(\C)CCC1OC1(C)C)CC/C=C(\C)CCCN(C)C. The molecule has 0 saturated carbocycles. The molecule has 1 rings (SSSR count). The van der Waals surface area contributed by atoms with Crippen molar-refractivity contribution in [2.75, 3.05) is 20.6 Å². The number of ether oxygens (including phenoxy) is 1. The Hall–Kier alpha value is -1.12. The molecule has 0 bridgehead atoms. The fourth-order valence-electron chi connectivity index (χ4n) is 3.93.